The molecule has 2 saturated heterocycles. The lowest BCUT2D eigenvalue weighted by Crippen LogP contribution is -2.56. The predicted molar refractivity (Wildman–Crippen MR) is 125 cm³/mol. The number of hydrogen-bond donors (Lipinski definition) is 3. The summed E-state index contributed by atoms with van der Waals surface area (Å²) >= 11 is 3.50. The molecule has 3 atom stereocenters. The number of rotatable bonds is 5. The molecule has 1 aromatic carbocycles. The maximum Gasteiger partial charge on any atom is 0.326 e. The van der Waals surface area contributed by atoms with Crippen molar-refractivity contribution in [2.24, 2.45) is 11.1 Å². The van der Waals surface area contributed by atoms with Crippen LogP contribution < -0.4 is 11.1 Å². The van der Waals surface area contributed by atoms with Gasteiger partial charge >= 0.3 is 11.9 Å². The van der Waals surface area contributed by atoms with Gasteiger partial charge in [-0.3, -0.25) is 20.6 Å². The van der Waals surface area contributed by atoms with Crippen LogP contribution in [0.15, 0.2) is 30.3 Å². The number of carboxylic acid groups (broad SMARTS) is 1. The van der Waals surface area contributed by atoms with Crippen molar-refractivity contribution in [3.8, 4) is 0 Å². The lowest BCUT2D eigenvalue weighted by molar-refractivity contribution is -0.153. The molecule has 0 saturated carbocycles. The summed E-state index contributed by atoms with van der Waals surface area (Å²) in [4.78, 5) is 24.2. The fourth-order valence-electron chi connectivity index (χ4n) is 4.02. The third-order valence-corrected chi connectivity index (χ3v) is 9.10. The maximum absolute atomic E-state index is 13.3. The van der Waals surface area contributed by atoms with Crippen molar-refractivity contribution < 1.29 is 19.4 Å². The highest BCUT2D eigenvalue weighted by molar-refractivity contribution is 8.03. The van der Waals surface area contributed by atoms with E-state index in [1.165, 1.54) is 0 Å². The normalized spacial score (nSPS) is 26.6. The van der Waals surface area contributed by atoms with Gasteiger partial charge in [0.15, 0.2) is 6.23 Å². The monoisotopic (exact) mass is 474 g/mol. The van der Waals surface area contributed by atoms with E-state index in [-0.39, 0.29) is 29.0 Å². The molecule has 30 heavy (non-hydrogen) atoms. The molecule has 6 nitrogen and oxygen atoms in total. The molecular weight excluding hydrogens is 444 g/mol. The molecular formula is C21H31ClN2O4S2. The van der Waals surface area contributed by atoms with E-state index in [0.717, 1.165) is 29.9 Å². The van der Waals surface area contributed by atoms with Crippen LogP contribution in [0, 0.1) is 5.41 Å². The van der Waals surface area contributed by atoms with Gasteiger partial charge in [0.2, 0.25) is 0 Å². The number of carbonyl (C=O) groups is 2. The van der Waals surface area contributed by atoms with E-state index in [2.05, 4.69) is 5.32 Å². The van der Waals surface area contributed by atoms with E-state index >= 15 is 0 Å². The zero-order valence-corrected chi connectivity index (χ0v) is 20.0. The van der Waals surface area contributed by atoms with E-state index < -0.39 is 29.1 Å². The maximum atomic E-state index is 13.3. The Balaban J connectivity index is 0.00000320. The summed E-state index contributed by atoms with van der Waals surface area (Å²) in [5.41, 5.74) is 6.50. The van der Waals surface area contributed by atoms with Crippen LogP contribution in [0.2, 0.25) is 0 Å². The molecule has 1 aromatic rings. The smallest absolute Gasteiger partial charge is 0.326 e. The number of nitrogens with two attached hydrogens (primary N) is 1. The van der Waals surface area contributed by atoms with Crippen LogP contribution in [-0.2, 0) is 14.3 Å². The van der Waals surface area contributed by atoms with Gasteiger partial charge in [0.05, 0.1) is 11.3 Å². The minimum Gasteiger partial charge on any atom is -0.481 e. The van der Waals surface area contributed by atoms with Crippen LogP contribution >= 0.6 is 35.9 Å². The molecule has 3 unspecified atom stereocenters. The van der Waals surface area contributed by atoms with Crippen LogP contribution in [-0.4, -0.2) is 44.2 Å². The molecule has 0 aliphatic carbocycles. The van der Waals surface area contributed by atoms with Crippen molar-refractivity contribution in [2.45, 2.75) is 61.9 Å². The number of esters is 1. The quantitative estimate of drug-likeness (QED) is 0.437. The predicted octanol–water partition coefficient (Wildman–Crippen LogP) is 3.80. The number of carbonyl (C=O) groups excluding carboxylic acids is 1. The zero-order chi connectivity index (χ0) is 21.3. The molecule has 3 rings (SSSR count). The van der Waals surface area contributed by atoms with Crippen molar-refractivity contribution in [1.29, 1.82) is 0 Å². The summed E-state index contributed by atoms with van der Waals surface area (Å²) in [5, 5.41) is 13.1. The van der Waals surface area contributed by atoms with Gasteiger partial charge in [-0.1, -0.05) is 51.1 Å². The van der Waals surface area contributed by atoms with Crippen molar-refractivity contribution in [3.63, 3.8) is 0 Å². The average Bonchev–Trinajstić information content (AvgIpc) is 2.97. The molecule has 9 heteroatoms. The van der Waals surface area contributed by atoms with Crippen LogP contribution in [0.5, 0.6) is 0 Å². The average molecular weight is 475 g/mol. The molecule has 0 bridgehead atoms. The first-order chi connectivity index (χ1) is 13.6. The fraction of sp³-hybridized carbons (Fsp3) is 0.619. The number of carboxylic acids is 1. The van der Waals surface area contributed by atoms with Crippen molar-refractivity contribution in [3.05, 3.63) is 35.9 Å². The van der Waals surface area contributed by atoms with E-state index in [1.54, 1.807) is 11.8 Å². The topological polar surface area (TPSA) is 102 Å². The van der Waals surface area contributed by atoms with E-state index in [9.17, 15) is 14.7 Å². The van der Waals surface area contributed by atoms with Crippen LogP contribution in [0.25, 0.3) is 0 Å². The second kappa shape index (κ2) is 9.69. The molecule has 2 aliphatic heterocycles. The Hall–Kier alpha value is -0.930. The molecule has 2 heterocycles. The Kier molecular flexibility index (Phi) is 8.18. The largest absolute Gasteiger partial charge is 0.481 e. The van der Waals surface area contributed by atoms with E-state index in [0.29, 0.717) is 0 Å². The number of aliphatic carboxylic acids is 1. The summed E-state index contributed by atoms with van der Waals surface area (Å²) in [6.45, 7) is 6.06. The highest BCUT2D eigenvalue weighted by Crippen LogP contribution is 2.58. The Bertz CT molecular complexity index is 753. The second-order valence-corrected chi connectivity index (χ2v) is 11.7. The Labute approximate surface area is 192 Å². The molecule has 2 fully saturated rings. The van der Waals surface area contributed by atoms with Crippen molar-refractivity contribution >= 4 is 47.9 Å². The first-order valence-corrected chi connectivity index (χ1v) is 11.8. The minimum absolute atomic E-state index is 0. The van der Waals surface area contributed by atoms with E-state index in [1.807, 2.05) is 62.9 Å². The summed E-state index contributed by atoms with van der Waals surface area (Å²) in [5.74, 6) is 0.597. The van der Waals surface area contributed by atoms with Gasteiger partial charge in [0.1, 0.15) is 6.04 Å². The third-order valence-electron chi connectivity index (χ3n) is 5.84. The lowest BCUT2D eigenvalue weighted by Gasteiger charge is -2.42. The third kappa shape index (κ3) is 5.10. The summed E-state index contributed by atoms with van der Waals surface area (Å²) in [6, 6.07) is 8.64. The van der Waals surface area contributed by atoms with Gasteiger partial charge in [-0.05, 0) is 29.8 Å². The Morgan fingerprint density at radius 2 is 1.87 bits per heavy atom. The molecule has 0 amide bonds. The second-order valence-electron chi connectivity index (χ2n) is 8.77. The summed E-state index contributed by atoms with van der Waals surface area (Å²) in [6.07, 6.45) is 0.736. The van der Waals surface area contributed by atoms with Crippen LogP contribution in [0.3, 0.4) is 0 Å². The molecule has 168 valence electrons. The number of ether oxygens (including phenoxy) is 1. The van der Waals surface area contributed by atoms with Gasteiger partial charge in [-0.2, -0.15) is 11.8 Å². The Morgan fingerprint density at radius 1 is 1.27 bits per heavy atom. The van der Waals surface area contributed by atoms with Gasteiger partial charge in [-0.15, -0.1) is 24.2 Å². The van der Waals surface area contributed by atoms with Gasteiger partial charge in [0, 0.05) is 10.3 Å². The van der Waals surface area contributed by atoms with Gasteiger partial charge in [-0.25, -0.2) is 0 Å². The summed E-state index contributed by atoms with van der Waals surface area (Å²) in [7, 11) is 0. The first kappa shape index (κ1) is 25.3. The molecule has 1 spiro atoms. The van der Waals surface area contributed by atoms with E-state index in [4.69, 9.17) is 10.5 Å². The Morgan fingerprint density at radius 3 is 2.40 bits per heavy atom. The van der Waals surface area contributed by atoms with Crippen LogP contribution in [0.1, 0.15) is 51.8 Å². The fourth-order valence-corrected chi connectivity index (χ4v) is 7.55. The molecule has 0 radical (unpaired) electrons. The standard InChI is InChI=1S/C21H30N2O4S2.ClH/c1-19(2,3)21(13-15(24)25)23-16(20(29-21)9-11-28-12-10-20)18(26)27-17(22)14-7-5-4-6-8-14;/h4-8,16-17,23H,9-13,22H2,1-3H3,(H,24,25);1H. The minimum atomic E-state index is -0.879. The number of hydrogen-bond acceptors (Lipinski definition) is 7. The number of nitrogens with one attached hydrogen (secondary N) is 1. The number of thioether (sulfide) groups is 2. The zero-order valence-electron chi connectivity index (χ0n) is 17.6. The number of halogens is 1. The molecule has 2 aliphatic rings. The first-order valence-electron chi connectivity index (χ1n) is 9.87. The van der Waals surface area contributed by atoms with Crippen LogP contribution in [0.4, 0.5) is 0 Å². The highest BCUT2D eigenvalue weighted by Gasteiger charge is 2.62. The molecule has 0 aromatic heterocycles. The highest BCUT2D eigenvalue weighted by atomic mass is 35.5. The van der Waals surface area contributed by atoms with Gasteiger partial charge < -0.3 is 9.84 Å². The molecule has 4 N–H and O–H groups in total. The SMILES string of the molecule is CC(C)(C)C1(CC(=O)O)NC(C(=O)OC(N)c2ccccc2)C2(CCSCC2)S1.Cl. The van der Waals surface area contributed by atoms with Crippen molar-refractivity contribution in [2.75, 3.05) is 11.5 Å². The van der Waals surface area contributed by atoms with Gasteiger partial charge in [0.25, 0.3) is 0 Å². The lowest BCUT2D eigenvalue weighted by atomic mass is 9.82. The summed E-state index contributed by atoms with van der Waals surface area (Å²) < 4.78 is 5.28. The van der Waals surface area contributed by atoms with Crippen molar-refractivity contribution in [1.82, 2.24) is 5.32 Å². The number of benzene rings is 1.